The first-order chi connectivity index (χ1) is 8.70. The molecule has 0 radical (unpaired) electrons. The summed E-state index contributed by atoms with van der Waals surface area (Å²) in [5.74, 6) is 0.658. The highest BCUT2D eigenvalue weighted by atomic mass is 16.5. The van der Waals surface area contributed by atoms with Gasteiger partial charge in [-0.05, 0) is 25.8 Å². The van der Waals surface area contributed by atoms with E-state index in [-0.39, 0.29) is 0 Å². The van der Waals surface area contributed by atoms with Crippen molar-refractivity contribution in [2.24, 2.45) is 18.7 Å². The van der Waals surface area contributed by atoms with Crippen LogP contribution in [0.2, 0.25) is 0 Å². The quantitative estimate of drug-likeness (QED) is 0.834. The van der Waals surface area contributed by atoms with Gasteiger partial charge in [0, 0.05) is 51.2 Å². The predicted molar refractivity (Wildman–Crippen MR) is 71.1 cm³/mol. The SMILES string of the molecule is CN(Cc1cnn(C)c1)C(CN)C1CCOCC1. The van der Waals surface area contributed by atoms with Crippen LogP contribution in [-0.4, -0.2) is 47.5 Å². The first-order valence-corrected chi connectivity index (χ1v) is 6.66. The maximum absolute atomic E-state index is 5.96. The Hall–Kier alpha value is -0.910. The first-order valence-electron chi connectivity index (χ1n) is 6.66. The number of nitrogens with two attached hydrogens (primary N) is 1. The Bertz CT molecular complexity index is 360. The van der Waals surface area contributed by atoms with Crippen LogP contribution in [0.15, 0.2) is 12.4 Å². The largest absolute Gasteiger partial charge is 0.381 e. The van der Waals surface area contributed by atoms with Crippen LogP contribution in [0.3, 0.4) is 0 Å². The van der Waals surface area contributed by atoms with Crippen molar-refractivity contribution in [2.75, 3.05) is 26.8 Å². The number of likely N-dealkylation sites (N-methyl/N-ethyl adjacent to an activating group) is 1. The number of hydrogen-bond acceptors (Lipinski definition) is 4. The lowest BCUT2D eigenvalue weighted by Crippen LogP contribution is -2.44. The molecule has 5 nitrogen and oxygen atoms in total. The second-order valence-corrected chi connectivity index (χ2v) is 5.19. The third kappa shape index (κ3) is 3.31. The van der Waals surface area contributed by atoms with Gasteiger partial charge < -0.3 is 10.5 Å². The van der Waals surface area contributed by atoms with E-state index in [0.717, 1.165) is 32.6 Å². The summed E-state index contributed by atoms with van der Waals surface area (Å²) in [6.07, 6.45) is 6.24. The van der Waals surface area contributed by atoms with E-state index in [4.69, 9.17) is 10.5 Å². The van der Waals surface area contributed by atoms with Gasteiger partial charge >= 0.3 is 0 Å². The summed E-state index contributed by atoms with van der Waals surface area (Å²) in [5.41, 5.74) is 7.20. The van der Waals surface area contributed by atoms with Crippen LogP contribution < -0.4 is 5.73 Å². The molecule has 0 bridgehead atoms. The molecule has 5 heteroatoms. The van der Waals surface area contributed by atoms with E-state index < -0.39 is 0 Å². The van der Waals surface area contributed by atoms with Crippen molar-refractivity contribution < 1.29 is 4.74 Å². The smallest absolute Gasteiger partial charge is 0.0534 e. The highest BCUT2D eigenvalue weighted by Crippen LogP contribution is 2.22. The molecule has 2 N–H and O–H groups in total. The molecule has 0 saturated carbocycles. The molecule has 1 aliphatic heterocycles. The maximum Gasteiger partial charge on any atom is 0.0534 e. The van der Waals surface area contributed by atoms with Crippen LogP contribution in [0.4, 0.5) is 0 Å². The second kappa shape index (κ2) is 6.31. The number of rotatable bonds is 5. The standard InChI is InChI=1S/C13H24N4O/c1-16(9-11-8-15-17(2)10-11)13(7-14)12-3-5-18-6-4-12/h8,10,12-13H,3-7,9,14H2,1-2H3. The molecule has 18 heavy (non-hydrogen) atoms. The molecule has 1 aromatic heterocycles. The van der Waals surface area contributed by atoms with Crippen LogP contribution in [-0.2, 0) is 18.3 Å². The van der Waals surface area contributed by atoms with Crippen LogP contribution in [0.25, 0.3) is 0 Å². The Morgan fingerprint density at radius 3 is 2.83 bits per heavy atom. The van der Waals surface area contributed by atoms with E-state index in [2.05, 4.69) is 23.2 Å². The number of aromatic nitrogens is 2. The van der Waals surface area contributed by atoms with Crippen molar-refractivity contribution in [3.05, 3.63) is 18.0 Å². The van der Waals surface area contributed by atoms with Crippen LogP contribution in [0.1, 0.15) is 18.4 Å². The molecule has 0 aliphatic carbocycles. The lowest BCUT2D eigenvalue weighted by molar-refractivity contribution is 0.0321. The van der Waals surface area contributed by atoms with Gasteiger partial charge in [0.05, 0.1) is 6.20 Å². The molecule has 1 atom stereocenters. The topological polar surface area (TPSA) is 56.3 Å². The Morgan fingerprint density at radius 2 is 2.28 bits per heavy atom. The molecule has 2 rings (SSSR count). The van der Waals surface area contributed by atoms with E-state index >= 15 is 0 Å². The van der Waals surface area contributed by atoms with E-state index in [1.165, 1.54) is 5.56 Å². The zero-order valence-electron chi connectivity index (χ0n) is 11.4. The fourth-order valence-electron chi connectivity index (χ4n) is 2.79. The number of nitrogens with zero attached hydrogens (tertiary/aromatic N) is 3. The summed E-state index contributed by atoms with van der Waals surface area (Å²) in [7, 11) is 4.10. The third-order valence-electron chi connectivity index (χ3n) is 3.81. The van der Waals surface area contributed by atoms with Gasteiger partial charge in [0.1, 0.15) is 0 Å². The van der Waals surface area contributed by atoms with Crippen molar-refractivity contribution in [1.29, 1.82) is 0 Å². The van der Waals surface area contributed by atoms with Crippen molar-refractivity contribution in [1.82, 2.24) is 14.7 Å². The van der Waals surface area contributed by atoms with E-state index in [1.54, 1.807) is 0 Å². The van der Waals surface area contributed by atoms with E-state index in [9.17, 15) is 0 Å². The van der Waals surface area contributed by atoms with Gasteiger partial charge in [-0.1, -0.05) is 0 Å². The maximum atomic E-state index is 5.96. The minimum Gasteiger partial charge on any atom is -0.381 e. The minimum absolute atomic E-state index is 0.439. The van der Waals surface area contributed by atoms with Crippen LogP contribution in [0.5, 0.6) is 0 Å². The summed E-state index contributed by atoms with van der Waals surface area (Å²) in [5, 5.41) is 4.21. The lowest BCUT2D eigenvalue weighted by Gasteiger charge is -2.35. The van der Waals surface area contributed by atoms with Gasteiger partial charge in [0.15, 0.2) is 0 Å². The van der Waals surface area contributed by atoms with Crippen molar-refractivity contribution in [2.45, 2.75) is 25.4 Å². The van der Waals surface area contributed by atoms with Gasteiger partial charge in [-0.25, -0.2) is 0 Å². The molecule has 1 saturated heterocycles. The summed E-state index contributed by atoms with van der Waals surface area (Å²) < 4.78 is 7.27. The Labute approximate surface area is 109 Å². The predicted octanol–water partition coefficient (Wildman–Crippen LogP) is 0.606. The molecule has 0 amide bonds. The molecule has 102 valence electrons. The van der Waals surface area contributed by atoms with Crippen molar-refractivity contribution in [3.63, 3.8) is 0 Å². The average Bonchev–Trinajstić information content (AvgIpc) is 2.77. The Balaban J connectivity index is 1.93. The second-order valence-electron chi connectivity index (χ2n) is 5.19. The van der Waals surface area contributed by atoms with Gasteiger partial charge in [0.2, 0.25) is 0 Å². The monoisotopic (exact) mass is 252 g/mol. The van der Waals surface area contributed by atoms with Crippen molar-refractivity contribution in [3.8, 4) is 0 Å². The highest BCUT2D eigenvalue weighted by Gasteiger charge is 2.26. The van der Waals surface area contributed by atoms with Gasteiger partial charge in [-0.3, -0.25) is 9.58 Å². The average molecular weight is 252 g/mol. The molecule has 1 fully saturated rings. The molecule has 0 spiro atoms. The fraction of sp³-hybridized carbons (Fsp3) is 0.769. The molecular formula is C13H24N4O. The van der Waals surface area contributed by atoms with Crippen LogP contribution in [0, 0.1) is 5.92 Å². The van der Waals surface area contributed by atoms with Crippen LogP contribution >= 0.6 is 0 Å². The Kier molecular flexibility index (Phi) is 4.74. The van der Waals surface area contributed by atoms with E-state index in [1.807, 2.05) is 17.9 Å². The highest BCUT2D eigenvalue weighted by molar-refractivity contribution is 5.03. The van der Waals surface area contributed by atoms with Crippen molar-refractivity contribution >= 4 is 0 Å². The number of hydrogen-bond donors (Lipinski definition) is 1. The molecule has 2 heterocycles. The molecule has 0 aromatic carbocycles. The van der Waals surface area contributed by atoms with E-state index in [0.29, 0.717) is 18.5 Å². The molecule has 1 unspecified atom stereocenters. The summed E-state index contributed by atoms with van der Waals surface area (Å²) in [4.78, 5) is 2.35. The number of ether oxygens (including phenoxy) is 1. The minimum atomic E-state index is 0.439. The molecule has 1 aromatic rings. The summed E-state index contributed by atoms with van der Waals surface area (Å²) >= 11 is 0. The lowest BCUT2D eigenvalue weighted by atomic mass is 9.90. The normalized spacial score (nSPS) is 19.3. The molecular weight excluding hydrogens is 228 g/mol. The Morgan fingerprint density at radius 1 is 1.56 bits per heavy atom. The van der Waals surface area contributed by atoms with Gasteiger partial charge in [-0.15, -0.1) is 0 Å². The summed E-state index contributed by atoms with van der Waals surface area (Å²) in [6, 6.07) is 0.439. The third-order valence-corrected chi connectivity index (χ3v) is 3.81. The summed E-state index contributed by atoms with van der Waals surface area (Å²) in [6.45, 7) is 3.37. The first kappa shape index (κ1) is 13.5. The fourth-order valence-corrected chi connectivity index (χ4v) is 2.79. The zero-order chi connectivity index (χ0) is 13.0. The molecule has 1 aliphatic rings. The van der Waals surface area contributed by atoms with Gasteiger partial charge in [0.25, 0.3) is 0 Å². The van der Waals surface area contributed by atoms with Gasteiger partial charge in [-0.2, -0.15) is 5.10 Å². The zero-order valence-corrected chi connectivity index (χ0v) is 11.4. The number of aryl methyl sites for hydroxylation is 1.